The molecule has 0 aromatic heterocycles. The minimum absolute atomic E-state index is 0.324. The van der Waals surface area contributed by atoms with Gasteiger partial charge in [0.1, 0.15) is 0 Å². The largest absolute Gasteiger partial charge is 0.261 e. The molecule has 0 aromatic rings. The molecule has 86 valence electrons. The van der Waals surface area contributed by atoms with Gasteiger partial charge >= 0.3 is 0 Å². The molecule has 0 bridgehead atoms. The highest BCUT2D eigenvalue weighted by atomic mass is 32.2. The van der Waals surface area contributed by atoms with Crippen molar-refractivity contribution < 1.29 is 0 Å². The lowest BCUT2D eigenvalue weighted by Gasteiger charge is -2.22. The van der Waals surface area contributed by atoms with Crippen LogP contribution in [0.15, 0.2) is 0 Å². The van der Waals surface area contributed by atoms with Crippen LogP contribution in [0.3, 0.4) is 0 Å². The fraction of sp³-hybridized carbons (Fsp3) is 1.00. The van der Waals surface area contributed by atoms with Gasteiger partial charge in [-0.05, 0) is 46.5 Å². The Hall–Kier alpha value is 0.310. The van der Waals surface area contributed by atoms with Crippen LogP contribution in [0.25, 0.3) is 0 Å². The molecular formula is C12H27NS. The predicted octanol–water partition coefficient (Wildman–Crippen LogP) is 4.24. The van der Waals surface area contributed by atoms with Gasteiger partial charge in [0.2, 0.25) is 0 Å². The van der Waals surface area contributed by atoms with Crippen LogP contribution in [0.4, 0.5) is 0 Å². The van der Waals surface area contributed by atoms with E-state index in [1.165, 1.54) is 19.3 Å². The van der Waals surface area contributed by atoms with Crippen molar-refractivity contribution in [1.82, 2.24) is 4.72 Å². The third-order valence-corrected chi connectivity index (χ3v) is 3.49. The second kappa shape index (κ2) is 6.73. The first-order valence-electron chi connectivity index (χ1n) is 5.78. The maximum atomic E-state index is 3.52. The van der Waals surface area contributed by atoms with E-state index in [-0.39, 0.29) is 0 Å². The molecule has 1 nitrogen and oxygen atoms in total. The molecule has 0 spiro atoms. The summed E-state index contributed by atoms with van der Waals surface area (Å²) in [5.74, 6) is 0.874. The Bertz CT molecular complexity index is 140. The summed E-state index contributed by atoms with van der Waals surface area (Å²) in [4.78, 5) is 0. The second-order valence-corrected chi connectivity index (χ2v) is 6.99. The summed E-state index contributed by atoms with van der Waals surface area (Å²) in [5, 5.41) is 0. The van der Waals surface area contributed by atoms with Crippen LogP contribution < -0.4 is 4.72 Å². The molecule has 0 amide bonds. The number of hydrogen-bond acceptors (Lipinski definition) is 2. The highest BCUT2D eigenvalue weighted by molar-refractivity contribution is 7.98. The summed E-state index contributed by atoms with van der Waals surface area (Å²) in [6.07, 6.45) is 3.94. The van der Waals surface area contributed by atoms with Crippen LogP contribution in [-0.4, -0.2) is 10.8 Å². The third kappa shape index (κ3) is 8.89. The minimum Gasteiger partial charge on any atom is -0.261 e. The Morgan fingerprint density at radius 3 is 2.14 bits per heavy atom. The van der Waals surface area contributed by atoms with E-state index < -0.39 is 0 Å². The lowest BCUT2D eigenvalue weighted by molar-refractivity contribution is 0.459. The van der Waals surface area contributed by atoms with E-state index in [0.717, 1.165) is 5.92 Å². The van der Waals surface area contributed by atoms with Gasteiger partial charge < -0.3 is 0 Å². The molecule has 1 N–H and O–H groups in total. The SMILES string of the molecule is CC[C@@H](C)CCC(C)NSC(C)(C)C. The molecule has 0 heterocycles. The van der Waals surface area contributed by atoms with Gasteiger partial charge in [-0.2, -0.15) is 0 Å². The predicted molar refractivity (Wildman–Crippen MR) is 68.6 cm³/mol. The Balaban J connectivity index is 3.51. The third-order valence-electron chi connectivity index (χ3n) is 2.36. The minimum atomic E-state index is 0.324. The van der Waals surface area contributed by atoms with Crippen molar-refractivity contribution in [3.63, 3.8) is 0 Å². The number of rotatable bonds is 6. The van der Waals surface area contributed by atoms with Crippen molar-refractivity contribution in [2.24, 2.45) is 5.92 Å². The fourth-order valence-electron chi connectivity index (χ4n) is 1.07. The molecule has 14 heavy (non-hydrogen) atoms. The Morgan fingerprint density at radius 2 is 1.71 bits per heavy atom. The molecule has 0 aliphatic carbocycles. The van der Waals surface area contributed by atoms with E-state index in [1.54, 1.807) is 0 Å². The normalized spacial score (nSPS) is 16.7. The lowest BCUT2D eigenvalue weighted by Crippen LogP contribution is -2.25. The summed E-state index contributed by atoms with van der Waals surface area (Å²) >= 11 is 1.85. The Labute approximate surface area is 94.6 Å². The van der Waals surface area contributed by atoms with Crippen LogP contribution in [0.1, 0.15) is 60.8 Å². The van der Waals surface area contributed by atoms with Gasteiger partial charge in [0.25, 0.3) is 0 Å². The van der Waals surface area contributed by atoms with Crippen molar-refractivity contribution in [3.05, 3.63) is 0 Å². The molecule has 1 unspecified atom stereocenters. The highest BCUT2D eigenvalue weighted by Gasteiger charge is 2.12. The van der Waals surface area contributed by atoms with E-state index in [9.17, 15) is 0 Å². The molecule has 2 heteroatoms. The standard InChI is InChI=1S/C12H27NS/c1-7-10(2)8-9-11(3)13-14-12(4,5)6/h10-11,13H,7-9H2,1-6H3/t10-,11?/m1/s1. The molecule has 0 saturated carbocycles. The molecule has 0 radical (unpaired) electrons. The van der Waals surface area contributed by atoms with E-state index in [0.29, 0.717) is 10.8 Å². The molecule has 0 rings (SSSR count). The fourth-order valence-corrected chi connectivity index (χ4v) is 1.75. The monoisotopic (exact) mass is 217 g/mol. The summed E-state index contributed by atoms with van der Waals surface area (Å²) in [6, 6.07) is 0.633. The van der Waals surface area contributed by atoms with E-state index in [1.807, 2.05) is 11.9 Å². The zero-order valence-electron chi connectivity index (χ0n) is 10.7. The van der Waals surface area contributed by atoms with Crippen LogP contribution >= 0.6 is 11.9 Å². The van der Waals surface area contributed by atoms with Gasteiger partial charge in [0.05, 0.1) is 0 Å². The van der Waals surface area contributed by atoms with Crippen molar-refractivity contribution in [2.75, 3.05) is 0 Å². The van der Waals surface area contributed by atoms with Gasteiger partial charge in [0, 0.05) is 10.8 Å². The Morgan fingerprint density at radius 1 is 1.14 bits per heavy atom. The van der Waals surface area contributed by atoms with E-state index in [4.69, 9.17) is 0 Å². The van der Waals surface area contributed by atoms with Gasteiger partial charge in [-0.25, -0.2) is 0 Å². The topological polar surface area (TPSA) is 12.0 Å². The molecule has 2 atom stereocenters. The number of nitrogens with one attached hydrogen (secondary N) is 1. The Kier molecular flexibility index (Phi) is 6.88. The first kappa shape index (κ1) is 14.3. The summed E-state index contributed by atoms with van der Waals surface area (Å²) < 4.78 is 3.84. The maximum absolute atomic E-state index is 3.52. The van der Waals surface area contributed by atoms with Gasteiger partial charge in [-0.15, -0.1) is 0 Å². The van der Waals surface area contributed by atoms with Crippen molar-refractivity contribution in [1.29, 1.82) is 0 Å². The first-order chi connectivity index (χ1) is 6.35. The smallest absolute Gasteiger partial charge is 0.0220 e. The summed E-state index contributed by atoms with van der Waals surface area (Å²) in [7, 11) is 0. The maximum Gasteiger partial charge on any atom is 0.0220 e. The zero-order valence-corrected chi connectivity index (χ0v) is 11.5. The van der Waals surface area contributed by atoms with E-state index >= 15 is 0 Å². The average Bonchev–Trinajstić information content (AvgIpc) is 2.09. The van der Waals surface area contributed by atoms with Crippen molar-refractivity contribution >= 4 is 11.9 Å². The first-order valence-corrected chi connectivity index (χ1v) is 6.60. The van der Waals surface area contributed by atoms with Crippen LogP contribution in [-0.2, 0) is 0 Å². The highest BCUT2D eigenvalue weighted by Crippen LogP contribution is 2.21. The second-order valence-electron chi connectivity index (χ2n) is 5.32. The van der Waals surface area contributed by atoms with Crippen molar-refractivity contribution in [2.45, 2.75) is 71.6 Å². The molecule has 0 saturated heterocycles. The van der Waals surface area contributed by atoms with E-state index in [2.05, 4.69) is 46.3 Å². The summed E-state index contributed by atoms with van der Waals surface area (Å²) in [6.45, 7) is 13.6. The zero-order chi connectivity index (χ0) is 11.2. The number of hydrogen-bond donors (Lipinski definition) is 1. The van der Waals surface area contributed by atoms with Gasteiger partial charge in [0.15, 0.2) is 0 Å². The molecule has 0 aromatic carbocycles. The van der Waals surface area contributed by atoms with Crippen LogP contribution in [0, 0.1) is 5.92 Å². The molecular weight excluding hydrogens is 190 g/mol. The molecule has 0 aliphatic rings. The molecule has 0 fully saturated rings. The lowest BCUT2D eigenvalue weighted by atomic mass is 10.0. The van der Waals surface area contributed by atoms with Gasteiger partial charge in [-0.3, -0.25) is 4.72 Å². The van der Waals surface area contributed by atoms with Crippen LogP contribution in [0.2, 0.25) is 0 Å². The average molecular weight is 217 g/mol. The van der Waals surface area contributed by atoms with Crippen molar-refractivity contribution in [3.8, 4) is 0 Å². The van der Waals surface area contributed by atoms with Crippen LogP contribution in [0.5, 0.6) is 0 Å². The summed E-state index contributed by atoms with van der Waals surface area (Å²) in [5.41, 5.74) is 0. The molecule has 0 aliphatic heterocycles. The van der Waals surface area contributed by atoms with Gasteiger partial charge in [-0.1, -0.05) is 32.2 Å². The quantitative estimate of drug-likeness (QED) is 0.668.